The van der Waals surface area contributed by atoms with Gasteiger partial charge in [0, 0.05) is 19.0 Å². The second-order valence-electron chi connectivity index (χ2n) is 7.00. The molecule has 0 aromatic heterocycles. The van der Waals surface area contributed by atoms with E-state index in [0.29, 0.717) is 17.2 Å². The lowest BCUT2D eigenvalue weighted by atomic mass is 9.74. The van der Waals surface area contributed by atoms with Gasteiger partial charge < -0.3 is 4.90 Å². The topological polar surface area (TPSA) is 44.1 Å². The first-order valence-electron chi connectivity index (χ1n) is 7.95. The Balaban J connectivity index is 1.46. The van der Waals surface area contributed by atoms with Gasteiger partial charge in [-0.1, -0.05) is 30.3 Å². The van der Waals surface area contributed by atoms with Crippen LogP contribution >= 0.6 is 0 Å². The summed E-state index contributed by atoms with van der Waals surface area (Å²) in [6.45, 7) is 1.46. The maximum atomic E-state index is 12.5. The molecule has 108 valence electrons. The molecular formula is C18H20N2O. The van der Waals surface area contributed by atoms with Crippen molar-refractivity contribution in [3.8, 4) is 6.07 Å². The summed E-state index contributed by atoms with van der Waals surface area (Å²) >= 11 is 0. The van der Waals surface area contributed by atoms with E-state index in [1.807, 2.05) is 35.2 Å². The van der Waals surface area contributed by atoms with E-state index in [1.54, 1.807) is 0 Å². The van der Waals surface area contributed by atoms with E-state index in [-0.39, 0.29) is 0 Å². The summed E-state index contributed by atoms with van der Waals surface area (Å²) in [5.74, 6) is 0.663. The summed E-state index contributed by atoms with van der Waals surface area (Å²) < 4.78 is 0. The Bertz CT molecular complexity index is 604. The number of piperidine rings is 1. The molecule has 1 aliphatic heterocycles. The van der Waals surface area contributed by atoms with Crippen LogP contribution < -0.4 is 0 Å². The summed E-state index contributed by atoms with van der Waals surface area (Å²) in [6.07, 6.45) is 5.15. The van der Waals surface area contributed by atoms with E-state index < -0.39 is 5.41 Å². The van der Waals surface area contributed by atoms with Crippen LogP contribution in [0, 0.1) is 22.7 Å². The van der Waals surface area contributed by atoms with Crippen LogP contribution in [-0.4, -0.2) is 23.9 Å². The Morgan fingerprint density at radius 1 is 1.14 bits per heavy atom. The molecule has 1 spiro atoms. The first kappa shape index (κ1) is 12.9. The fourth-order valence-corrected chi connectivity index (χ4v) is 3.96. The van der Waals surface area contributed by atoms with Crippen molar-refractivity contribution in [3.63, 3.8) is 0 Å². The zero-order chi connectivity index (χ0) is 14.5. The average molecular weight is 280 g/mol. The van der Waals surface area contributed by atoms with Gasteiger partial charge in [0.1, 0.15) is 0 Å². The van der Waals surface area contributed by atoms with Gasteiger partial charge in [0.05, 0.1) is 11.5 Å². The molecular weight excluding hydrogens is 260 g/mol. The minimum Gasteiger partial charge on any atom is -0.342 e. The summed E-state index contributed by atoms with van der Waals surface area (Å²) in [7, 11) is 0. The van der Waals surface area contributed by atoms with E-state index >= 15 is 0 Å². The predicted molar refractivity (Wildman–Crippen MR) is 79.3 cm³/mol. The van der Waals surface area contributed by atoms with Crippen LogP contribution in [0.1, 0.15) is 37.7 Å². The number of amides is 1. The second kappa shape index (κ2) is 4.34. The molecule has 2 saturated carbocycles. The van der Waals surface area contributed by atoms with E-state index in [0.717, 1.165) is 37.9 Å². The third-order valence-corrected chi connectivity index (χ3v) is 5.85. The summed E-state index contributed by atoms with van der Waals surface area (Å²) in [5.41, 5.74) is 1.13. The van der Waals surface area contributed by atoms with Crippen molar-refractivity contribution in [1.82, 2.24) is 4.90 Å². The molecule has 21 heavy (non-hydrogen) atoms. The molecule has 0 N–H and O–H groups in total. The van der Waals surface area contributed by atoms with E-state index in [1.165, 1.54) is 12.8 Å². The number of hydrogen-bond donors (Lipinski definition) is 0. The summed E-state index contributed by atoms with van der Waals surface area (Å²) in [5, 5.41) is 9.68. The van der Waals surface area contributed by atoms with Crippen LogP contribution in [0.15, 0.2) is 30.3 Å². The molecule has 0 bridgehead atoms. The highest BCUT2D eigenvalue weighted by Crippen LogP contribution is 2.71. The highest BCUT2D eigenvalue weighted by atomic mass is 16.2. The Labute approximate surface area is 125 Å². The van der Waals surface area contributed by atoms with Crippen LogP contribution in [0.4, 0.5) is 0 Å². The molecule has 1 atom stereocenters. The van der Waals surface area contributed by atoms with Gasteiger partial charge in [0.2, 0.25) is 5.91 Å². The molecule has 3 nitrogen and oxygen atoms in total. The van der Waals surface area contributed by atoms with E-state index in [2.05, 4.69) is 6.07 Å². The molecule has 3 fully saturated rings. The predicted octanol–water partition coefficient (Wildman–Crippen LogP) is 2.87. The maximum Gasteiger partial charge on any atom is 0.226 e. The number of nitriles is 1. The molecule has 3 heteroatoms. The van der Waals surface area contributed by atoms with Gasteiger partial charge in [-0.3, -0.25) is 4.79 Å². The number of benzene rings is 1. The minimum absolute atomic E-state index is 0.309. The van der Waals surface area contributed by atoms with Crippen LogP contribution in [0.2, 0.25) is 0 Å². The summed E-state index contributed by atoms with van der Waals surface area (Å²) in [4.78, 5) is 14.5. The van der Waals surface area contributed by atoms with Gasteiger partial charge in [-0.05, 0) is 43.1 Å². The molecule has 1 saturated heterocycles. The van der Waals surface area contributed by atoms with Crippen LogP contribution in [-0.2, 0) is 10.2 Å². The van der Waals surface area contributed by atoms with Gasteiger partial charge in [0.15, 0.2) is 0 Å². The van der Waals surface area contributed by atoms with Gasteiger partial charge in [0.25, 0.3) is 0 Å². The highest BCUT2D eigenvalue weighted by molar-refractivity contribution is 5.83. The number of likely N-dealkylation sites (tertiary alicyclic amines) is 1. The fraction of sp³-hybridized carbons (Fsp3) is 0.556. The zero-order valence-electron chi connectivity index (χ0n) is 12.2. The Hall–Kier alpha value is -1.82. The molecule has 2 aliphatic carbocycles. The SMILES string of the molecule is N#CC1(c2ccccc2)CCN(C(=O)[C@@H]2CC23CC3)CC1. The van der Waals surface area contributed by atoms with Gasteiger partial charge in [-0.2, -0.15) is 5.26 Å². The van der Waals surface area contributed by atoms with Gasteiger partial charge in [-0.15, -0.1) is 0 Å². The molecule has 1 aromatic rings. The minimum atomic E-state index is -0.404. The van der Waals surface area contributed by atoms with Crippen molar-refractivity contribution in [2.45, 2.75) is 37.5 Å². The normalized spacial score (nSPS) is 28.0. The van der Waals surface area contributed by atoms with Crippen LogP contribution in [0.3, 0.4) is 0 Å². The highest BCUT2D eigenvalue weighted by Gasteiger charge is 2.66. The van der Waals surface area contributed by atoms with Crippen LogP contribution in [0.25, 0.3) is 0 Å². The van der Waals surface area contributed by atoms with Crippen molar-refractivity contribution >= 4 is 5.91 Å². The maximum absolute atomic E-state index is 12.5. The van der Waals surface area contributed by atoms with Crippen molar-refractivity contribution in [1.29, 1.82) is 5.26 Å². The van der Waals surface area contributed by atoms with E-state index in [4.69, 9.17) is 0 Å². The average Bonchev–Trinajstić information content (AvgIpc) is 3.48. The molecule has 1 amide bonds. The monoisotopic (exact) mass is 280 g/mol. The lowest BCUT2D eigenvalue weighted by molar-refractivity contribution is -0.134. The Morgan fingerprint density at radius 2 is 1.81 bits per heavy atom. The second-order valence-corrected chi connectivity index (χ2v) is 7.00. The number of nitrogens with zero attached hydrogens (tertiary/aromatic N) is 2. The Morgan fingerprint density at radius 3 is 2.33 bits per heavy atom. The number of carbonyl (C=O) groups is 1. The van der Waals surface area contributed by atoms with Gasteiger partial charge >= 0.3 is 0 Å². The lowest BCUT2D eigenvalue weighted by Crippen LogP contribution is -2.45. The van der Waals surface area contributed by atoms with Crippen LogP contribution in [0.5, 0.6) is 0 Å². The lowest BCUT2D eigenvalue weighted by Gasteiger charge is -2.37. The number of hydrogen-bond acceptors (Lipinski definition) is 2. The smallest absolute Gasteiger partial charge is 0.226 e. The molecule has 4 rings (SSSR count). The molecule has 1 heterocycles. The van der Waals surface area contributed by atoms with E-state index in [9.17, 15) is 10.1 Å². The molecule has 1 aromatic carbocycles. The number of rotatable bonds is 2. The van der Waals surface area contributed by atoms with Crippen molar-refractivity contribution in [3.05, 3.63) is 35.9 Å². The molecule has 0 unspecified atom stereocenters. The van der Waals surface area contributed by atoms with Crippen molar-refractivity contribution in [2.24, 2.45) is 11.3 Å². The largest absolute Gasteiger partial charge is 0.342 e. The molecule has 3 aliphatic rings. The standard InChI is InChI=1S/C18H20N2O/c19-13-18(14-4-2-1-3-5-14)8-10-20(11-9-18)16(21)15-12-17(15)6-7-17/h1-5,15H,6-12H2/t15-/m0/s1. The third-order valence-electron chi connectivity index (χ3n) is 5.85. The zero-order valence-corrected chi connectivity index (χ0v) is 12.2. The van der Waals surface area contributed by atoms with Crippen molar-refractivity contribution < 1.29 is 4.79 Å². The quantitative estimate of drug-likeness (QED) is 0.836. The molecule has 0 radical (unpaired) electrons. The van der Waals surface area contributed by atoms with Gasteiger partial charge in [-0.25, -0.2) is 0 Å². The van der Waals surface area contributed by atoms with Crippen molar-refractivity contribution in [2.75, 3.05) is 13.1 Å². The number of carbonyl (C=O) groups excluding carboxylic acids is 1. The third kappa shape index (κ3) is 1.97. The first-order valence-corrected chi connectivity index (χ1v) is 7.95. The Kier molecular flexibility index (Phi) is 2.66. The summed E-state index contributed by atoms with van der Waals surface area (Å²) in [6, 6.07) is 12.6. The first-order chi connectivity index (χ1) is 10.2. The fourth-order valence-electron chi connectivity index (χ4n) is 3.96.